The Bertz CT molecular complexity index is 777. The lowest BCUT2D eigenvalue weighted by atomic mass is 10.1. The molecule has 0 N–H and O–H groups in total. The maximum atomic E-state index is 12.6. The molecule has 2 fully saturated rings. The third-order valence-electron chi connectivity index (χ3n) is 4.81. The Morgan fingerprint density at radius 1 is 1.38 bits per heavy atom. The lowest BCUT2D eigenvalue weighted by molar-refractivity contribution is -0.129. The van der Waals surface area contributed by atoms with Crippen LogP contribution in [0.1, 0.15) is 34.7 Å². The third-order valence-corrected chi connectivity index (χ3v) is 5.39. The van der Waals surface area contributed by atoms with Crippen molar-refractivity contribution in [3.05, 3.63) is 46.2 Å². The summed E-state index contributed by atoms with van der Waals surface area (Å²) in [6, 6.07) is 5.89. The molecule has 0 bridgehead atoms. The van der Waals surface area contributed by atoms with Crippen molar-refractivity contribution in [1.29, 1.82) is 0 Å². The summed E-state index contributed by atoms with van der Waals surface area (Å²) in [6.07, 6.45) is 1.21. The summed E-state index contributed by atoms with van der Waals surface area (Å²) in [6.45, 7) is 3.14. The number of amides is 2. The van der Waals surface area contributed by atoms with Gasteiger partial charge in [-0.1, -0.05) is 6.07 Å². The highest BCUT2D eigenvalue weighted by Crippen LogP contribution is 2.34. The van der Waals surface area contributed by atoms with Crippen LogP contribution in [0.5, 0.6) is 0 Å². The Labute approximate surface area is 144 Å². The summed E-state index contributed by atoms with van der Waals surface area (Å²) < 4.78 is 0. The molecule has 6 nitrogen and oxygen atoms in total. The van der Waals surface area contributed by atoms with Gasteiger partial charge in [-0.25, -0.2) is 4.98 Å². The number of pyridine rings is 1. The van der Waals surface area contributed by atoms with E-state index in [4.69, 9.17) is 0 Å². The van der Waals surface area contributed by atoms with Gasteiger partial charge in [0.2, 0.25) is 5.91 Å². The smallest absolute Gasteiger partial charge is 0.273 e. The van der Waals surface area contributed by atoms with E-state index in [0.717, 1.165) is 17.8 Å². The average Bonchev–Trinajstić information content (AvgIpc) is 3.26. The highest BCUT2D eigenvalue weighted by Gasteiger charge is 2.48. The fraction of sp³-hybridized carbons (Fsp3) is 0.412. The summed E-state index contributed by atoms with van der Waals surface area (Å²) >= 11 is 1.41. The Hall–Kier alpha value is -2.28. The second-order valence-electron chi connectivity index (χ2n) is 6.29. The van der Waals surface area contributed by atoms with Crippen LogP contribution in [0.2, 0.25) is 0 Å². The lowest BCUT2D eigenvalue weighted by Crippen LogP contribution is -2.39. The number of rotatable bonds is 3. The molecule has 2 amide bonds. The van der Waals surface area contributed by atoms with Gasteiger partial charge >= 0.3 is 0 Å². The first-order valence-corrected chi connectivity index (χ1v) is 8.99. The second kappa shape index (κ2) is 5.98. The van der Waals surface area contributed by atoms with E-state index in [1.165, 1.54) is 11.3 Å². The van der Waals surface area contributed by atoms with E-state index in [0.29, 0.717) is 25.2 Å². The van der Waals surface area contributed by atoms with E-state index in [-0.39, 0.29) is 23.9 Å². The molecule has 0 aromatic carbocycles. The molecule has 2 aromatic rings. The molecule has 124 valence electrons. The number of fused-ring (bicyclic) bond motifs is 1. The largest absolute Gasteiger partial charge is 0.332 e. The molecule has 2 atom stereocenters. The molecule has 2 aliphatic heterocycles. The van der Waals surface area contributed by atoms with Gasteiger partial charge in [-0.2, -0.15) is 0 Å². The van der Waals surface area contributed by atoms with Crippen molar-refractivity contribution in [1.82, 2.24) is 19.8 Å². The zero-order chi connectivity index (χ0) is 16.7. The van der Waals surface area contributed by atoms with Crippen molar-refractivity contribution in [2.75, 3.05) is 6.54 Å². The second-order valence-corrected chi connectivity index (χ2v) is 7.01. The average molecular weight is 342 g/mol. The number of thiazole rings is 1. The van der Waals surface area contributed by atoms with Crippen LogP contribution in [0.4, 0.5) is 0 Å². The molecular weight excluding hydrogens is 324 g/mol. The third kappa shape index (κ3) is 2.58. The van der Waals surface area contributed by atoms with Crippen LogP contribution in [0, 0.1) is 6.92 Å². The normalized spacial score (nSPS) is 23.0. The van der Waals surface area contributed by atoms with Gasteiger partial charge < -0.3 is 9.80 Å². The molecule has 2 aromatic heterocycles. The summed E-state index contributed by atoms with van der Waals surface area (Å²) in [5.41, 5.74) is 3.98. The molecule has 2 aliphatic rings. The predicted octanol–water partition coefficient (Wildman–Crippen LogP) is 1.86. The first-order chi connectivity index (χ1) is 11.6. The van der Waals surface area contributed by atoms with Gasteiger partial charge in [-0.05, 0) is 25.5 Å². The van der Waals surface area contributed by atoms with Crippen LogP contribution in [0.25, 0.3) is 0 Å². The molecule has 4 rings (SSSR count). The number of nitrogens with zero attached hydrogens (tertiary/aromatic N) is 4. The van der Waals surface area contributed by atoms with Crippen LogP contribution in [0.3, 0.4) is 0 Å². The van der Waals surface area contributed by atoms with E-state index < -0.39 is 0 Å². The summed E-state index contributed by atoms with van der Waals surface area (Å²) in [5.74, 6) is 0.0381. The number of hydrogen-bond acceptors (Lipinski definition) is 5. The molecule has 0 aliphatic carbocycles. The Morgan fingerprint density at radius 3 is 3.00 bits per heavy atom. The molecule has 0 radical (unpaired) electrons. The first kappa shape index (κ1) is 15.3. The Morgan fingerprint density at radius 2 is 2.25 bits per heavy atom. The highest BCUT2D eigenvalue weighted by atomic mass is 32.1. The molecule has 7 heteroatoms. The van der Waals surface area contributed by atoms with Crippen molar-refractivity contribution < 1.29 is 9.59 Å². The van der Waals surface area contributed by atoms with Crippen LogP contribution in [-0.2, 0) is 11.3 Å². The van der Waals surface area contributed by atoms with Gasteiger partial charge in [-0.3, -0.25) is 14.6 Å². The van der Waals surface area contributed by atoms with Crippen LogP contribution < -0.4 is 0 Å². The van der Waals surface area contributed by atoms with Crippen LogP contribution in [0.15, 0.2) is 29.1 Å². The van der Waals surface area contributed by atoms with Gasteiger partial charge in [0.05, 0.1) is 29.8 Å². The molecule has 4 heterocycles. The first-order valence-electron chi connectivity index (χ1n) is 8.04. The number of hydrogen-bond donors (Lipinski definition) is 0. The van der Waals surface area contributed by atoms with E-state index in [1.807, 2.05) is 34.9 Å². The predicted molar refractivity (Wildman–Crippen MR) is 89.5 cm³/mol. The minimum atomic E-state index is -0.0629. The molecule has 2 unspecified atom stereocenters. The minimum absolute atomic E-state index is 0.0449. The fourth-order valence-electron chi connectivity index (χ4n) is 3.71. The van der Waals surface area contributed by atoms with Crippen molar-refractivity contribution in [2.24, 2.45) is 0 Å². The van der Waals surface area contributed by atoms with Gasteiger partial charge in [0, 0.05) is 24.0 Å². The zero-order valence-corrected chi connectivity index (χ0v) is 14.2. The lowest BCUT2D eigenvalue weighted by Gasteiger charge is -2.25. The molecule has 0 spiro atoms. The van der Waals surface area contributed by atoms with Gasteiger partial charge in [0.25, 0.3) is 5.91 Å². The standard InChI is InChI=1S/C17H18N4O2S/c1-11-3-2-4-12(19-11)8-21-14-5-6-20(15(14)7-16(21)22)17(23)13-9-24-10-18-13/h2-4,9-10,14-15H,5-8H2,1H3. The topological polar surface area (TPSA) is 66.4 Å². The fourth-order valence-corrected chi connectivity index (χ4v) is 4.24. The Kier molecular flexibility index (Phi) is 3.80. The Balaban J connectivity index is 1.52. The number of aryl methyl sites for hydroxylation is 1. The number of carbonyl (C=O) groups excluding carboxylic acids is 2. The number of likely N-dealkylation sites (tertiary alicyclic amines) is 2. The summed E-state index contributed by atoms with van der Waals surface area (Å²) in [7, 11) is 0. The van der Waals surface area contributed by atoms with Crippen molar-refractivity contribution in [2.45, 2.75) is 38.4 Å². The van der Waals surface area contributed by atoms with Gasteiger partial charge in [-0.15, -0.1) is 11.3 Å². The van der Waals surface area contributed by atoms with Crippen LogP contribution >= 0.6 is 11.3 Å². The molecule has 24 heavy (non-hydrogen) atoms. The quantitative estimate of drug-likeness (QED) is 0.854. The summed E-state index contributed by atoms with van der Waals surface area (Å²) in [4.78, 5) is 37.4. The minimum Gasteiger partial charge on any atom is -0.332 e. The van der Waals surface area contributed by atoms with Crippen molar-refractivity contribution >= 4 is 23.2 Å². The van der Waals surface area contributed by atoms with E-state index in [2.05, 4.69) is 9.97 Å². The van der Waals surface area contributed by atoms with E-state index in [9.17, 15) is 9.59 Å². The van der Waals surface area contributed by atoms with Gasteiger partial charge in [0.15, 0.2) is 0 Å². The molecular formula is C17H18N4O2S. The van der Waals surface area contributed by atoms with Crippen LogP contribution in [-0.4, -0.2) is 50.2 Å². The zero-order valence-electron chi connectivity index (χ0n) is 13.4. The van der Waals surface area contributed by atoms with Crippen molar-refractivity contribution in [3.8, 4) is 0 Å². The number of carbonyl (C=O) groups is 2. The SMILES string of the molecule is Cc1cccc(CN2C(=O)CC3C2CCN3C(=O)c2cscn2)n1. The maximum Gasteiger partial charge on any atom is 0.273 e. The van der Waals surface area contributed by atoms with Gasteiger partial charge in [0.1, 0.15) is 5.69 Å². The maximum absolute atomic E-state index is 12.6. The highest BCUT2D eigenvalue weighted by molar-refractivity contribution is 7.07. The molecule has 2 saturated heterocycles. The number of aromatic nitrogens is 2. The van der Waals surface area contributed by atoms with E-state index in [1.54, 1.807) is 10.9 Å². The monoisotopic (exact) mass is 342 g/mol. The molecule has 0 saturated carbocycles. The van der Waals surface area contributed by atoms with E-state index >= 15 is 0 Å². The summed E-state index contributed by atoms with van der Waals surface area (Å²) in [5, 5.41) is 1.76. The van der Waals surface area contributed by atoms with Crippen molar-refractivity contribution in [3.63, 3.8) is 0 Å².